The highest BCUT2D eigenvalue weighted by atomic mass is 79.9. The molecule has 39 heavy (non-hydrogen) atoms. The minimum Gasteiger partial charge on any atom is -0.504 e. The van der Waals surface area contributed by atoms with Crippen LogP contribution in [0.5, 0.6) is 11.5 Å². The number of hydrogen-bond acceptors (Lipinski definition) is 6. The van der Waals surface area contributed by atoms with Gasteiger partial charge in [0.05, 0.1) is 29.5 Å². The second-order valence-corrected chi connectivity index (χ2v) is 10.1. The highest BCUT2D eigenvalue weighted by Crippen LogP contribution is 2.39. The first-order valence-corrected chi connectivity index (χ1v) is 13.9. The Bertz CT molecular complexity index is 1410. The minimum absolute atomic E-state index is 0.0530. The van der Waals surface area contributed by atoms with Crippen molar-refractivity contribution in [1.82, 2.24) is 10.7 Å². The van der Waals surface area contributed by atoms with E-state index in [9.17, 15) is 14.7 Å². The minimum atomic E-state index is -0.683. The van der Waals surface area contributed by atoms with E-state index in [0.29, 0.717) is 14.5 Å². The first-order chi connectivity index (χ1) is 18.7. The van der Waals surface area contributed by atoms with Crippen LogP contribution >= 0.6 is 43.5 Å². The summed E-state index contributed by atoms with van der Waals surface area (Å²) >= 11 is 12.9. The van der Waals surface area contributed by atoms with E-state index in [1.165, 1.54) is 13.3 Å². The summed E-state index contributed by atoms with van der Waals surface area (Å²) in [6.45, 7) is 5.88. The predicted octanol–water partition coefficient (Wildman–Crippen LogP) is 6.35. The van der Waals surface area contributed by atoms with Crippen molar-refractivity contribution in [3.8, 4) is 11.5 Å². The number of nitrogens with zero attached hydrogens (tertiary/aromatic N) is 2. The van der Waals surface area contributed by atoms with Crippen LogP contribution in [0.1, 0.15) is 35.3 Å². The van der Waals surface area contributed by atoms with Crippen molar-refractivity contribution in [2.24, 2.45) is 5.10 Å². The number of nitrogens with one attached hydrogen (secondary N) is 2. The predicted molar refractivity (Wildman–Crippen MR) is 163 cm³/mol. The third-order valence-corrected chi connectivity index (χ3v) is 8.06. The highest BCUT2D eigenvalue weighted by Gasteiger charge is 2.18. The lowest BCUT2D eigenvalue weighted by molar-refractivity contribution is -0.117. The van der Waals surface area contributed by atoms with Crippen LogP contribution in [-0.2, 0) is 4.79 Å². The molecular weight excluding hydrogens is 652 g/mol. The van der Waals surface area contributed by atoms with Crippen molar-refractivity contribution in [3.63, 3.8) is 0 Å². The average Bonchev–Trinajstić information content (AvgIpc) is 2.93. The molecule has 0 saturated heterocycles. The monoisotopic (exact) mass is 676 g/mol. The summed E-state index contributed by atoms with van der Waals surface area (Å²) in [6, 6.07) is 15.7. The number of rotatable bonds is 10. The zero-order valence-electron chi connectivity index (χ0n) is 21.5. The van der Waals surface area contributed by atoms with Crippen LogP contribution in [0, 0.1) is 0 Å². The number of hydrazone groups is 1. The van der Waals surface area contributed by atoms with Crippen LogP contribution in [0.4, 0.5) is 5.69 Å². The number of methoxy groups -OCH3 is 1. The molecule has 0 aliphatic rings. The van der Waals surface area contributed by atoms with Crippen LogP contribution in [0.2, 0.25) is 5.02 Å². The van der Waals surface area contributed by atoms with Gasteiger partial charge in [-0.25, -0.2) is 5.43 Å². The zero-order chi connectivity index (χ0) is 28.5. The maximum absolute atomic E-state index is 13.2. The van der Waals surface area contributed by atoms with Crippen LogP contribution in [0.25, 0.3) is 6.08 Å². The molecule has 0 unspecified atom stereocenters. The van der Waals surface area contributed by atoms with Crippen molar-refractivity contribution < 1.29 is 19.4 Å². The maximum atomic E-state index is 13.2. The Morgan fingerprint density at radius 2 is 1.77 bits per heavy atom. The van der Waals surface area contributed by atoms with E-state index in [1.54, 1.807) is 36.4 Å². The summed E-state index contributed by atoms with van der Waals surface area (Å²) in [5, 5.41) is 17.3. The van der Waals surface area contributed by atoms with Gasteiger partial charge in [-0.1, -0.05) is 35.9 Å². The molecule has 3 N–H and O–H groups in total. The fourth-order valence-corrected chi connectivity index (χ4v) is 4.68. The van der Waals surface area contributed by atoms with Crippen LogP contribution < -0.4 is 20.4 Å². The zero-order valence-corrected chi connectivity index (χ0v) is 25.4. The number of carbonyl (C=O) groups is 2. The Hall–Kier alpha value is -3.34. The third kappa shape index (κ3) is 7.62. The summed E-state index contributed by atoms with van der Waals surface area (Å²) in [5.41, 5.74) is 4.58. The number of ether oxygens (including phenoxy) is 1. The number of benzene rings is 3. The fraction of sp³-hybridized carbons (Fsp3) is 0.179. The Labute approximate surface area is 248 Å². The van der Waals surface area contributed by atoms with E-state index < -0.39 is 11.8 Å². The molecule has 3 aromatic rings. The Morgan fingerprint density at radius 3 is 2.38 bits per heavy atom. The molecule has 2 amide bonds. The van der Waals surface area contributed by atoms with E-state index in [4.69, 9.17) is 16.3 Å². The molecule has 0 atom stereocenters. The average molecular weight is 679 g/mol. The summed E-state index contributed by atoms with van der Waals surface area (Å²) in [6.07, 6.45) is 2.80. The van der Waals surface area contributed by atoms with Gasteiger partial charge in [0.25, 0.3) is 11.8 Å². The van der Waals surface area contributed by atoms with Crippen molar-refractivity contribution in [1.29, 1.82) is 0 Å². The van der Waals surface area contributed by atoms with Gasteiger partial charge in [0, 0.05) is 27.7 Å². The molecule has 0 saturated carbocycles. The molecule has 3 aromatic carbocycles. The number of phenolic OH excluding ortho intramolecular Hbond substituents is 1. The van der Waals surface area contributed by atoms with Crippen LogP contribution in [-0.4, -0.2) is 43.3 Å². The van der Waals surface area contributed by atoms with Crippen molar-refractivity contribution in [2.45, 2.75) is 13.8 Å². The number of carbonyl (C=O) groups excluding carboxylic acids is 2. The normalized spacial score (nSPS) is 11.4. The van der Waals surface area contributed by atoms with Gasteiger partial charge in [0.1, 0.15) is 5.70 Å². The molecular formula is C28H27Br2ClN4O4. The van der Waals surface area contributed by atoms with E-state index in [2.05, 4.69) is 66.5 Å². The maximum Gasteiger partial charge on any atom is 0.287 e. The van der Waals surface area contributed by atoms with Crippen molar-refractivity contribution >= 4 is 73.3 Å². The van der Waals surface area contributed by atoms with Gasteiger partial charge in [0.15, 0.2) is 11.5 Å². The van der Waals surface area contributed by atoms with E-state index in [-0.39, 0.29) is 33.3 Å². The van der Waals surface area contributed by atoms with Gasteiger partial charge in [-0.05, 0) is 87.7 Å². The summed E-state index contributed by atoms with van der Waals surface area (Å²) < 4.78 is 6.29. The standard InChI is InChI=1S/C28H27Br2ClN4O4/c1-4-35(5-2)18-12-10-17(11-13-18)14-23(33-27(37)19-8-6-7-9-22(19)31)28(38)34-32-16-20-25(30)21(29)15-24(39-3)26(20)36/h6-16,36H,4-5H2,1-3H3,(H,33,37)(H,34,38). The Kier molecular flexibility index (Phi) is 11.0. The number of anilines is 1. The molecule has 0 bridgehead atoms. The molecule has 0 aliphatic heterocycles. The number of aromatic hydroxyl groups is 1. The lowest BCUT2D eigenvalue weighted by Gasteiger charge is -2.21. The highest BCUT2D eigenvalue weighted by molar-refractivity contribution is 9.13. The SMILES string of the molecule is CCN(CC)c1ccc(C=C(NC(=O)c2ccccc2Cl)C(=O)NN=Cc2c(O)c(OC)cc(Br)c2Br)cc1. The second-order valence-electron chi connectivity index (χ2n) is 8.09. The molecule has 0 aromatic heterocycles. The number of amides is 2. The van der Waals surface area contributed by atoms with E-state index >= 15 is 0 Å². The summed E-state index contributed by atoms with van der Waals surface area (Å²) in [4.78, 5) is 28.3. The van der Waals surface area contributed by atoms with Crippen molar-refractivity contribution in [2.75, 3.05) is 25.1 Å². The molecule has 0 aliphatic carbocycles. The van der Waals surface area contributed by atoms with Gasteiger partial charge in [-0.3, -0.25) is 9.59 Å². The van der Waals surface area contributed by atoms with Gasteiger partial charge >= 0.3 is 0 Å². The Balaban J connectivity index is 1.91. The van der Waals surface area contributed by atoms with Gasteiger partial charge in [-0.15, -0.1) is 0 Å². The number of halogens is 3. The van der Waals surface area contributed by atoms with E-state index in [1.807, 2.05) is 24.3 Å². The quantitative estimate of drug-likeness (QED) is 0.132. The summed E-state index contributed by atoms with van der Waals surface area (Å²) in [5.74, 6) is -1.18. The second kappa shape index (κ2) is 14.2. The number of phenols is 1. The molecule has 0 radical (unpaired) electrons. The number of hydrogen-bond donors (Lipinski definition) is 3. The van der Waals surface area contributed by atoms with Crippen molar-refractivity contribution in [3.05, 3.63) is 91.0 Å². The van der Waals surface area contributed by atoms with Crippen LogP contribution in [0.15, 0.2) is 74.3 Å². The first-order valence-electron chi connectivity index (χ1n) is 11.9. The van der Waals surface area contributed by atoms with Gasteiger partial charge in [0.2, 0.25) is 0 Å². The first kappa shape index (κ1) is 30.2. The Morgan fingerprint density at radius 1 is 1.10 bits per heavy atom. The summed E-state index contributed by atoms with van der Waals surface area (Å²) in [7, 11) is 1.42. The van der Waals surface area contributed by atoms with Crippen LogP contribution in [0.3, 0.4) is 0 Å². The van der Waals surface area contributed by atoms with Gasteiger partial charge < -0.3 is 20.1 Å². The largest absolute Gasteiger partial charge is 0.504 e. The van der Waals surface area contributed by atoms with Gasteiger partial charge in [-0.2, -0.15) is 5.10 Å². The molecule has 11 heteroatoms. The molecule has 204 valence electrons. The topological polar surface area (TPSA) is 103 Å². The van der Waals surface area contributed by atoms with E-state index in [0.717, 1.165) is 18.8 Å². The molecule has 0 spiro atoms. The fourth-order valence-electron chi connectivity index (χ4n) is 3.63. The lowest BCUT2D eigenvalue weighted by atomic mass is 10.1. The third-order valence-electron chi connectivity index (χ3n) is 5.72. The smallest absolute Gasteiger partial charge is 0.287 e. The molecule has 3 rings (SSSR count). The lowest BCUT2D eigenvalue weighted by Crippen LogP contribution is -2.33. The molecule has 0 heterocycles. The molecule has 0 fully saturated rings. The molecule has 8 nitrogen and oxygen atoms in total.